The first-order valence-corrected chi connectivity index (χ1v) is 8.67. The molecule has 1 aliphatic rings. The molecule has 5 nitrogen and oxygen atoms in total. The maximum absolute atomic E-state index is 13.0. The van der Waals surface area contributed by atoms with E-state index in [1.54, 1.807) is 25.4 Å². The lowest BCUT2D eigenvalue weighted by atomic mass is 9.95. The lowest BCUT2D eigenvalue weighted by Gasteiger charge is -2.19. The Labute approximate surface area is 139 Å². The second-order valence-corrected chi connectivity index (χ2v) is 6.90. The molecular weight excluding hydrogens is 310 g/mol. The van der Waals surface area contributed by atoms with E-state index in [0.29, 0.717) is 0 Å². The zero-order valence-corrected chi connectivity index (χ0v) is 14.3. The van der Waals surface area contributed by atoms with Gasteiger partial charge in [-0.3, -0.25) is 9.59 Å². The highest BCUT2D eigenvalue weighted by Gasteiger charge is 2.28. The van der Waals surface area contributed by atoms with E-state index < -0.39 is 0 Å². The number of likely N-dealkylation sites (N-methyl/N-ethyl adjacent to an activating group) is 2. The first kappa shape index (κ1) is 15.8. The van der Waals surface area contributed by atoms with Crippen LogP contribution >= 0.6 is 11.3 Å². The van der Waals surface area contributed by atoms with Crippen LogP contribution in [-0.2, 0) is 17.6 Å². The van der Waals surface area contributed by atoms with Gasteiger partial charge in [0, 0.05) is 31.4 Å². The van der Waals surface area contributed by atoms with Crippen molar-refractivity contribution in [2.45, 2.75) is 25.7 Å². The van der Waals surface area contributed by atoms with Crippen LogP contribution in [0.1, 0.15) is 33.6 Å². The standard InChI is InChI=1S/C17H21N3O2S/c1-18-14(21)11-19(2)16(22)15-12-7-3-4-8-13(12)23-17(15)20-9-5-6-10-20/h5-6,9-10H,3-4,7-8,11H2,1-2H3,(H,18,21). The molecule has 1 N–H and O–H groups in total. The second-order valence-electron chi connectivity index (χ2n) is 5.82. The summed E-state index contributed by atoms with van der Waals surface area (Å²) in [6, 6.07) is 3.92. The van der Waals surface area contributed by atoms with Gasteiger partial charge in [0.2, 0.25) is 5.91 Å². The van der Waals surface area contributed by atoms with Crippen molar-refractivity contribution >= 4 is 23.2 Å². The highest BCUT2D eigenvalue weighted by atomic mass is 32.1. The number of hydrogen-bond donors (Lipinski definition) is 1. The molecule has 0 saturated heterocycles. The van der Waals surface area contributed by atoms with Crippen molar-refractivity contribution in [3.05, 3.63) is 40.5 Å². The molecule has 0 fully saturated rings. The Hall–Kier alpha value is -2.08. The molecule has 2 heterocycles. The SMILES string of the molecule is CNC(=O)CN(C)C(=O)c1c(-n2cccc2)sc2c1CCCC2. The van der Waals surface area contributed by atoms with Gasteiger partial charge in [0.25, 0.3) is 5.91 Å². The van der Waals surface area contributed by atoms with Crippen LogP contribution in [-0.4, -0.2) is 41.9 Å². The molecule has 6 heteroatoms. The Bertz CT molecular complexity index is 719. The number of aryl methyl sites for hydroxylation is 1. The number of rotatable bonds is 4. The topological polar surface area (TPSA) is 54.3 Å². The van der Waals surface area contributed by atoms with Crippen molar-refractivity contribution in [2.75, 3.05) is 20.6 Å². The molecule has 0 unspecified atom stereocenters. The molecule has 0 radical (unpaired) electrons. The van der Waals surface area contributed by atoms with Crippen LogP contribution in [0.3, 0.4) is 0 Å². The third-order valence-corrected chi connectivity index (χ3v) is 5.52. The Morgan fingerprint density at radius 3 is 2.65 bits per heavy atom. The highest BCUT2D eigenvalue weighted by Crippen LogP contribution is 2.37. The smallest absolute Gasteiger partial charge is 0.257 e. The van der Waals surface area contributed by atoms with Crippen LogP contribution in [0.25, 0.3) is 5.00 Å². The van der Waals surface area contributed by atoms with Crippen LogP contribution in [0.5, 0.6) is 0 Å². The summed E-state index contributed by atoms with van der Waals surface area (Å²) in [5, 5.41) is 3.53. The van der Waals surface area contributed by atoms with E-state index >= 15 is 0 Å². The van der Waals surface area contributed by atoms with Gasteiger partial charge in [0.05, 0.1) is 12.1 Å². The summed E-state index contributed by atoms with van der Waals surface area (Å²) in [6.07, 6.45) is 8.22. The minimum absolute atomic E-state index is 0.0725. The van der Waals surface area contributed by atoms with Crippen LogP contribution in [0.15, 0.2) is 24.5 Å². The van der Waals surface area contributed by atoms with Gasteiger partial charge < -0.3 is 14.8 Å². The molecule has 0 aliphatic heterocycles. The van der Waals surface area contributed by atoms with Gasteiger partial charge >= 0.3 is 0 Å². The molecule has 1 aliphatic carbocycles. The minimum atomic E-state index is -0.160. The number of thiophene rings is 1. The van der Waals surface area contributed by atoms with E-state index in [9.17, 15) is 9.59 Å². The molecule has 0 spiro atoms. The largest absolute Gasteiger partial charge is 0.358 e. The molecule has 3 rings (SSSR count). The van der Waals surface area contributed by atoms with Crippen molar-refractivity contribution in [3.8, 4) is 5.00 Å². The van der Waals surface area contributed by atoms with E-state index in [2.05, 4.69) is 5.32 Å². The molecule has 2 amide bonds. The Morgan fingerprint density at radius 2 is 1.96 bits per heavy atom. The predicted octanol–water partition coefficient (Wildman–Crippen LogP) is 2.24. The number of amides is 2. The van der Waals surface area contributed by atoms with E-state index in [4.69, 9.17) is 0 Å². The minimum Gasteiger partial charge on any atom is -0.358 e. The van der Waals surface area contributed by atoms with Gasteiger partial charge in [-0.1, -0.05) is 0 Å². The lowest BCUT2D eigenvalue weighted by Crippen LogP contribution is -2.37. The fourth-order valence-corrected chi connectivity index (χ4v) is 4.33. The number of fused-ring (bicyclic) bond motifs is 1. The summed E-state index contributed by atoms with van der Waals surface area (Å²) in [6.45, 7) is 0.0745. The van der Waals surface area contributed by atoms with E-state index in [1.165, 1.54) is 21.8 Å². The second kappa shape index (κ2) is 6.58. The van der Waals surface area contributed by atoms with Crippen LogP contribution < -0.4 is 5.32 Å². The fraction of sp³-hybridized carbons (Fsp3) is 0.412. The molecule has 0 saturated carbocycles. The number of nitrogens with one attached hydrogen (secondary N) is 1. The number of nitrogens with zero attached hydrogens (tertiary/aromatic N) is 2. The molecule has 2 aromatic heterocycles. The van der Waals surface area contributed by atoms with Gasteiger partial charge in [-0.15, -0.1) is 11.3 Å². The Balaban J connectivity index is 2.01. The van der Waals surface area contributed by atoms with E-state index in [1.807, 2.05) is 29.1 Å². The summed E-state index contributed by atoms with van der Waals surface area (Å²) in [5.74, 6) is -0.232. The summed E-state index contributed by atoms with van der Waals surface area (Å²) in [4.78, 5) is 27.4. The van der Waals surface area contributed by atoms with Crippen molar-refractivity contribution < 1.29 is 9.59 Å². The molecule has 0 atom stereocenters. The number of carbonyl (C=O) groups excluding carboxylic acids is 2. The molecule has 0 aromatic carbocycles. The average molecular weight is 331 g/mol. The molecule has 0 bridgehead atoms. The summed E-state index contributed by atoms with van der Waals surface area (Å²) in [5.41, 5.74) is 1.95. The van der Waals surface area contributed by atoms with Crippen molar-refractivity contribution in [1.82, 2.24) is 14.8 Å². The third-order valence-electron chi connectivity index (χ3n) is 4.21. The third kappa shape index (κ3) is 3.03. The van der Waals surface area contributed by atoms with E-state index in [-0.39, 0.29) is 18.4 Å². The Kier molecular flexibility index (Phi) is 4.52. The van der Waals surface area contributed by atoms with E-state index in [0.717, 1.165) is 29.8 Å². The van der Waals surface area contributed by atoms with Crippen molar-refractivity contribution in [3.63, 3.8) is 0 Å². The van der Waals surface area contributed by atoms with Crippen LogP contribution in [0.4, 0.5) is 0 Å². The number of carbonyl (C=O) groups is 2. The summed E-state index contributed by atoms with van der Waals surface area (Å²) < 4.78 is 2.00. The van der Waals surface area contributed by atoms with Crippen molar-refractivity contribution in [1.29, 1.82) is 0 Å². The zero-order valence-electron chi connectivity index (χ0n) is 13.5. The monoisotopic (exact) mass is 331 g/mol. The lowest BCUT2D eigenvalue weighted by molar-refractivity contribution is -0.121. The van der Waals surface area contributed by atoms with Crippen molar-refractivity contribution in [2.24, 2.45) is 0 Å². The molecule has 2 aromatic rings. The average Bonchev–Trinajstić information content (AvgIpc) is 3.20. The number of aromatic nitrogens is 1. The number of hydrogen-bond acceptors (Lipinski definition) is 3. The quantitative estimate of drug-likeness (QED) is 0.934. The first-order valence-electron chi connectivity index (χ1n) is 7.85. The molecular formula is C17H21N3O2S. The Morgan fingerprint density at radius 1 is 1.26 bits per heavy atom. The summed E-state index contributed by atoms with van der Waals surface area (Å²) in [7, 11) is 3.27. The van der Waals surface area contributed by atoms with Gasteiger partial charge in [-0.2, -0.15) is 0 Å². The summed E-state index contributed by atoms with van der Waals surface area (Å²) >= 11 is 1.70. The van der Waals surface area contributed by atoms with Crippen LogP contribution in [0, 0.1) is 0 Å². The maximum atomic E-state index is 13.0. The van der Waals surface area contributed by atoms with Gasteiger partial charge in [0.15, 0.2) is 0 Å². The van der Waals surface area contributed by atoms with Gasteiger partial charge in [0.1, 0.15) is 5.00 Å². The predicted molar refractivity (Wildman–Crippen MR) is 91.3 cm³/mol. The normalized spacial score (nSPS) is 13.5. The zero-order chi connectivity index (χ0) is 16.4. The van der Waals surface area contributed by atoms with Crippen LogP contribution in [0.2, 0.25) is 0 Å². The molecule has 122 valence electrons. The fourth-order valence-electron chi connectivity index (χ4n) is 2.98. The highest BCUT2D eigenvalue weighted by molar-refractivity contribution is 7.15. The van der Waals surface area contributed by atoms with Gasteiger partial charge in [-0.25, -0.2) is 0 Å². The maximum Gasteiger partial charge on any atom is 0.257 e. The van der Waals surface area contributed by atoms with Gasteiger partial charge in [-0.05, 0) is 43.4 Å². The molecule has 23 heavy (non-hydrogen) atoms. The first-order chi connectivity index (χ1) is 11.1.